The van der Waals surface area contributed by atoms with E-state index >= 15 is 0 Å². The van der Waals surface area contributed by atoms with Gasteiger partial charge in [0.05, 0.1) is 0 Å². The van der Waals surface area contributed by atoms with Crippen molar-refractivity contribution in [1.29, 1.82) is 0 Å². The van der Waals surface area contributed by atoms with Crippen LogP contribution in [0.15, 0.2) is 18.2 Å². The van der Waals surface area contributed by atoms with Crippen molar-refractivity contribution in [3.63, 3.8) is 0 Å². The van der Waals surface area contributed by atoms with E-state index in [0.717, 1.165) is 35.2 Å². The second kappa shape index (κ2) is 6.23. The molecule has 2 unspecified atom stereocenters. The molecular formula is C16H24Cl2N2. The van der Waals surface area contributed by atoms with Crippen molar-refractivity contribution in [2.45, 2.75) is 46.3 Å². The lowest BCUT2D eigenvalue weighted by molar-refractivity contribution is 0.0878. The van der Waals surface area contributed by atoms with Crippen molar-refractivity contribution in [3.8, 4) is 0 Å². The first-order valence-corrected chi connectivity index (χ1v) is 7.95. The van der Waals surface area contributed by atoms with Crippen LogP contribution < -0.4 is 5.32 Å². The molecule has 0 saturated carbocycles. The highest BCUT2D eigenvalue weighted by molar-refractivity contribution is 6.35. The van der Waals surface area contributed by atoms with E-state index in [4.69, 9.17) is 23.2 Å². The van der Waals surface area contributed by atoms with E-state index in [1.165, 1.54) is 0 Å². The smallest absolute Gasteiger partial charge is 0.0465 e. The van der Waals surface area contributed by atoms with Gasteiger partial charge in [0.2, 0.25) is 0 Å². The largest absolute Gasteiger partial charge is 0.311 e. The van der Waals surface area contributed by atoms with Gasteiger partial charge in [0.15, 0.2) is 0 Å². The van der Waals surface area contributed by atoms with Gasteiger partial charge >= 0.3 is 0 Å². The predicted molar refractivity (Wildman–Crippen MR) is 87.6 cm³/mol. The van der Waals surface area contributed by atoms with Crippen molar-refractivity contribution in [1.82, 2.24) is 10.2 Å². The second-order valence-corrected chi connectivity index (χ2v) is 7.62. The quantitative estimate of drug-likeness (QED) is 0.880. The number of halogens is 2. The minimum absolute atomic E-state index is 0.253. The van der Waals surface area contributed by atoms with Crippen molar-refractivity contribution < 1.29 is 0 Å². The third-order valence-corrected chi connectivity index (χ3v) is 4.88. The summed E-state index contributed by atoms with van der Waals surface area (Å²) in [4.78, 5) is 2.47. The Hall–Kier alpha value is -0.280. The van der Waals surface area contributed by atoms with Crippen LogP contribution in [0.1, 0.15) is 33.3 Å². The highest BCUT2D eigenvalue weighted by Gasteiger charge is 2.32. The Kier molecular flexibility index (Phi) is 5.01. The van der Waals surface area contributed by atoms with Crippen molar-refractivity contribution in [2.24, 2.45) is 5.41 Å². The van der Waals surface area contributed by atoms with E-state index in [9.17, 15) is 0 Å². The first-order chi connectivity index (χ1) is 9.29. The maximum Gasteiger partial charge on any atom is 0.0465 e. The lowest BCUT2D eigenvalue weighted by Gasteiger charge is -2.44. The van der Waals surface area contributed by atoms with Crippen LogP contribution in [0, 0.1) is 5.41 Å². The van der Waals surface area contributed by atoms with Gasteiger partial charge in [0.25, 0.3) is 0 Å². The van der Waals surface area contributed by atoms with Crippen LogP contribution in [0.5, 0.6) is 0 Å². The Morgan fingerprint density at radius 1 is 1.25 bits per heavy atom. The molecule has 1 aliphatic rings. The van der Waals surface area contributed by atoms with Crippen LogP contribution in [0.3, 0.4) is 0 Å². The van der Waals surface area contributed by atoms with E-state index in [1.807, 2.05) is 18.2 Å². The lowest BCUT2D eigenvalue weighted by Crippen LogP contribution is -2.59. The molecular weight excluding hydrogens is 291 g/mol. The fourth-order valence-corrected chi connectivity index (χ4v) is 3.12. The maximum absolute atomic E-state index is 6.30. The second-order valence-electron chi connectivity index (χ2n) is 6.81. The Balaban J connectivity index is 2.15. The van der Waals surface area contributed by atoms with E-state index in [1.54, 1.807) is 0 Å². The van der Waals surface area contributed by atoms with Crippen LogP contribution in [-0.4, -0.2) is 30.1 Å². The van der Waals surface area contributed by atoms with E-state index in [-0.39, 0.29) is 5.41 Å². The Labute approximate surface area is 132 Å². The molecule has 1 aromatic rings. The summed E-state index contributed by atoms with van der Waals surface area (Å²) in [5.74, 6) is 0. The SMILES string of the molecule is CC1CNC(C(C)(C)C)CN1Cc1c(Cl)cccc1Cl. The minimum atomic E-state index is 0.253. The summed E-state index contributed by atoms with van der Waals surface area (Å²) in [6.45, 7) is 11.9. The minimum Gasteiger partial charge on any atom is -0.311 e. The van der Waals surface area contributed by atoms with Gasteiger partial charge in [0, 0.05) is 47.3 Å². The average Bonchev–Trinajstić information content (AvgIpc) is 2.34. The van der Waals surface area contributed by atoms with Gasteiger partial charge in [-0.25, -0.2) is 0 Å². The zero-order valence-electron chi connectivity index (χ0n) is 12.7. The van der Waals surface area contributed by atoms with Crippen molar-refractivity contribution >= 4 is 23.2 Å². The molecule has 20 heavy (non-hydrogen) atoms. The molecule has 2 atom stereocenters. The molecule has 112 valence electrons. The normalized spacial score (nSPS) is 24.9. The third-order valence-electron chi connectivity index (χ3n) is 4.17. The third kappa shape index (κ3) is 3.67. The Morgan fingerprint density at radius 3 is 2.40 bits per heavy atom. The molecule has 0 aromatic heterocycles. The van der Waals surface area contributed by atoms with Gasteiger partial charge in [-0.1, -0.05) is 50.0 Å². The molecule has 0 amide bonds. The van der Waals surface area contributed by atoms with E-state index < -0.39 is 0 Å². The first kappa shape index (κ1) is 16.1. The highest BCUT2D eigenvalue weighted by Crippen LogP contribution is 2.29. The molecule has 1 saturated heterocycles. The molecule has 0 aliphatic carbocycles. The molecule has 0 bridgehead atoms. The van der Waals surface area contributed by atoms with Gasteiger partial charge in [-0.05, 0) is 24.5 Å². The molecule has 0 spiro atoms. The summed E-state index contributed by atoms with van der Waals surface area (Å²) in [6, 6.07) is 6.70. The standard InChI is InChI=1S/C16H24Cl2N2/c1-11-8-19-15(16(2,3)4)10-20(11)9-12-13(17)6-5-7-14(12)18/h5-7,11,15,19H,8-10H2,1-4H3. The zero-order valence-corrected chi connectivity index (χ0v) is 14.2. The maximum atomic E-state index is 6.30. The van der Waals surface area contributed by atoms with Gasteiger partial charge < -0.3 is 5.32 Å². The van der Waals surface area contributed by atoms with E-state index in [2.05, 4.69) is 37.9 Å². The fourth-order valence-electron chi connectivity index (χ4n) is 2.61. The number of rotatable bonds is 2. The van der Waals surface area contributed by atoms with E-state index in [0.29, 0.717) is 12.1 Å². The van der Waals surface area contributed by atoms with Crippen LogP contribution in [0.4, 0.5) is 0 Å². The van der Waals surface area contributed by atoms with Crippen LogP contribution in [-0.2, 0) is 6.54 Å². The van der Waals surface area contributed by atoms with Crippen LogP contribution in [0.2, 0.25) is 10.0 Å². The summed E-state index contributed by atoms with van der Waals surface area (Å²) in [6.07, 6.45) is 0. The van der Waals surface area contributed by atoms with Crippen LogP contribution >= 0.6 is 23.2 Å². The number of piperazine rings is 1. The molecule has 2 rings (SSSR count). The zero-order chi connectivity index (χ0) is 14.9. The Morgan fingerprint density at radius 2 is 1.85 bits per heavy atom. The lowest BCUT2D eigenvalue weighted by atomic mass is 9.84. The molecule has 1 aliphatic heterocycles. The molecule has 0 radical (unpaired) electrons. The molecule has 2 nitrogen and oxygen atoms in total. The van der Waals surface area contributed by atoms with Crippen molar-refractivity contribution in [3.05, 3.63) is 33.8 Å². The molecule has 4 heteroatoms. The monoisotopic (exact) mass is 314 g/mol. The molecule has 1 aromatic carbocycles. The average molecular weight is 315 g/mol. The number of nitrogens with zero attached hydrogens (tertiary/aromatic N) is 1. The first-order valence-electron chi connectivity index (χ1n) is 7.19. The molecule has 1 N–H and O–H groups in total. The number of nitrogens with one attached hydrogen (secondary N) is 1. The molecule has 1 heterocycles. The number of hydrogen-bond donors (Lipinski definition) is 1. The summed E-state index contributed by atoms with van der Waals surface area (Å²) in [5, 5.41) is 5.17. The fraction of sp³-hybridized carbons (Fsp3) is 0.625. The van der Waals surface area contributed by atoms with Gasteiger partial charge in [-0.3, -0.25) is 4.90 Å². The summed E-state index contributed by atoms with van der Waals surface area (Å²) in [5.41, 5.74) is 1.29. The topological polar surface area (TPSA) is 15.3 Å². The highest BCUT2D eigenvalue weighted by atomic mass is 35.5. The van der Waals surface area contributed by atoms with Gasteiger partial charge in [0.1, 0.15) is 0 Å². The number of benzene rings is 1. The summed E-state index contributed by atoms with van der Waals surface area (Å²) in [7, 11) is 0. The predicted octanol–water partition coefficient (Wildman–Crippen LogP) is 4.20. The Bertz CT molecular complexity index is 448. The van der Waals surface area contributed by atoms with Gasteiger partial charge in [-0.2, -0.15) is 0 Å². The molecule has 1 fully saturated rings. The van der Waals surface area contributed by atoms with Gasteiger partial charge in [-0.15, -0.1) is 0 Å². The summed E-state index contributed by atoms with van der Waals surface area (Å²) >= 11 is 12.6. The van der Waals surface area contributed by atoms with Crippen molar-refractivity contribution in [2.75, 3.05) is 13.1 Å². The summed E-state index contributed by atoms with van der Waals surface area (Å²) < 4.78 is 0. The van der Waals surface area contributed by atoms with Crippen LogP contribution in [0.25, 0.3) is 0 Å². The number of hydrogen-bond acceptors (Lipinski definition) is 2.